The molecular weight excluding hydrogens is 238 g/mol. The highest BCUT2D eigenvalue weighted by Gasteiger charge is 2.07. The lowest BCUT2D eigenvalue weighted by Crippen LogP contribution is -2.17. The molecular formula is C15H21N3O. The number of nitrogens with two attached hydrogens (primary N) is 1. The zero-order chi connectivity index (χ0) is 13.7. The summed E-state index contributed by atoms with van der Waals surface area (Å²) in [5, 5.41) is 4.25. The van der Waals surface area contributed by atoms with Crippen molar-refractivity contribution in [1.82, 2.24) is 9.78 Å². The molecule has 0 aliphatic rings. The zero-order valence-electron chi connectivity index (χ0n) is 11.5. The van der Waals surface area contributed by atoms with Crippen LogP contribution in [0.2, 0.25) is 0 Å². The molecule has 1 aromatic carbocycles. The summed E-state index contributed by atoms with van der Waals surface area (Å²) < 4.78 is 7.43. The van der Waals surface area contributed by atoms with Gasteiger partial charge in [0.1, 0.15) is 5.75 Å². The van der Waals surface area contributed by atoms with Crippen LogP contribution in [-0.2, 0) is 6.54 Å². The first kappa shape index (κ1) is 13.6. The van der Waals surface area contributed by atoms with E-state index in [9.17, 15) is 0 Å². The van der Waals surface area contributed by atoms with Crippen LogP contribution in [-0.4, -0.2) is 16.4 Å². The van der Waals surface area contributed by atoms with E-state index in [1.165, 1.54) is 0 Å². The third kappa shape index (κ3) is 3.83. The zero-order valence-corrected chi connectivity index (χ0v) is 11.5. The summed E-state index contributed by atoms with van der Waals surface area (Å²) >= 11 is 0. The lowest BCUT2D eigenvalue weighted by atomic mass is 10.1. The minimum absolute atomic E-state index is 0.0560. The molecule has 2 rings (SSSR count). The third-order valence-corrected chi connectivity index (χ3v) is 2.93. The standard InChI is InChI=1S/C15H21N3O/c1-3-8-19-14-6-4-13(5-7-14)15(16)11-18-10-12(2)9-17-18/h4-7,9-10,15H,3,8,11,16H2,1-2H3. The molecule has 4 nitrogen and oxygen atoms in total. The second-order valence-electron chi connectivity index (χ2n) is 4.76. The maximum Gasteiger partial charge on any atom is 0.119 e. The Balaban J connectivity index is 1.97. The van der Waals surface area contributed by atoms with Crippen molar-refractivity contribution in [2.45, 2.75) is 32.9 Å². The topological polar surface area (TPSA) is 53.1 Å². The van der Waals surface area contributed by atoms with Gasteiger partial charge in [-0.15, -0.1) is 0 Å². The number of rotatable bonds is 6. The summed E-state index contributed by atoms with van der Waals surface area (Å²) in [5.74, 6) is 0.896. The van der Waals surface area contributed by atoms with E-state index in [-0.39, 0.29) is 6.04 Å². The van der Waals surface area contributed by atoms with Crippen LogP contribution >= 0.6 is 0 Å². The molecule has 19 heavy (non-hydrogen) atoms. The van der Waals surface area contributed by atoms with Gasteiger partial charge in [-0.05, 0) is 36.6 Å². The van der Waals surface area contributed by atoms with Crippen LogP contribution in [0.15, 0.2) is 36.7 Å². The first-order chi connectivity index (χ1) is 9.19. The van der Waals surface area contributed by atoms with E-state index in [0.29, 0.717) is 6.54 Å². The molecule has 1 unspecified atom stereocenters. The molecule has 0 amide bonds. The number of nitrogens with zero attached hydrogens (tertiary/aromatic N) is 2. The van der Waals surface area contributed by atoms with E-state index in [1.807, 2.05) is 48.3 Å². The second-order valence-corrected chi connectivity index (χ2v) is 4.76. The molecule has 1 heterocycles. The van der Waals surface area contributed by atoms with E-state index in [4.69, 9.17) is 10.5 Å². The Bertz CT molecular complexity index is 504. The van der Waals surface area contributed by atoms with Crippen molar-refractivity contribution in [3.63, 3.8) is 0 Å². The minimum atomic E-state index is -0.0560. The lowest BCUT2D eigenvalue weighted by Gasteiger charge is -2.13. The quantitative estimate of drug-likeness (QED) is 0.867. The smallest absolute Gasteiger partial charge is 0.119 e. The average Bonchev–Trinajstić information content (AvgIpc) is 2.82. The molecule has 4 heteroatoms. The van der Waals surface area contributed by atoms with Crippen LogP contribution in [0.4, 0.5) is 0 Å². The molecule has 0 bridgehead atoms. The van der Waals surface area contributed by atoms with Crippen LogP contribution in [0.5, 0.6) is 5.75 Å². The summed E-state index contributed by atoms with van der Waals surface area (Å²) in [6.07, 6.45) is 4.85. The highest BCUT2D eigenvalue weighted by atomic mass is 16.5. The first-order valence-electron chi connectivity index (χ1n) is 6.66. The molecule has 102 valence electrons. The van der Waals surface area contributed by atoms with Gasteiger partial charge in [0.05, 0.1) is 19.3 Å². The molecule has 0 saturated carbocycles. The van der Waals surface area contributed by atoms with Crippen LogP contribution in [0.1, 0.15) is 30.5 Å². The number of hydrogen-bond donors (Lipinski definition) is 1. The monoisotopic (exact) mass is 259 g/mol. The van der Waals surface area contributed by atoms with Gasteiger partial charge in [-0.25, -0.2) is 0 Å². The fourth-order valence-electron chi connectivity index (χ4n) is 1.90. The SMILES string of the molecule is CCCOc1ccc(C(N)Cn2cc(C)cn2)cc1. The normalized spacial score (nSPS) is 12.4. The van der Waals surface area contributed by atoms with Crippen molar-refractivity contribution in [1.29, 1.82) is 0 Å². The highest BCUT2D eigenvalue weighted by Crippen LogP contribution is 2.17. The molecule has 0 spiro atoms. The van der Waals surface area contributed by atoms with E-state index in [1.54, 1.807) is 0 Å². The predicted octanol–water partition coefficient (Wildman–Crippen LogP) is 2.68. The van der Waals surface area contributed by atoms with Gasteiger partial charge in [0, 0.05) is 12.2 Å². The minimum Gasteiger partial charge on any atom is -0.494 e. The summed E-state index contributed by atoms with van der Waals surface area (Å²) in [6.45, 7) is 5.55. The Morgan fingerprint density at radius 3 is 2.63 bits per heavy atom. The van der Waals surface area contributed by atoms with E-state index >= 15 is 0 Å². The molecule has 0 fully saturated rings. The van der Waals surface area contributed by atoms with Crippen molar-refractivity contribution >= 4 is 0 Å². The van der Waals surface area contributed by atoms with Gasteiger partial charge in [0.15, 0.2) is 0 Å². The highest BCUT2D eigenvalue weighted by molar-refractivity contribution is 5.29. The Morgan fingerprint density at radius 2 is 2.05 bits per heavy atom. The number of aromatic nitrogens is 2. The molecule has 0 saturated heterocycles. The van der Waals surface area contributed by atoms with Crippen molar-refractivity contribution in [2.24, 2.45) is 5.73 Å². The van der Waals surface area contributed by atoms with Gasteiger partial charge in [-0.1, -0.05) is 19.1 Å². The third-order valence-electron chi connectivity index (χ3n) is 2.93. The van der Waals surface area contributed by atoms with Gasteiger partial charge >= 0.3 is 0 Å². The first-order valence-corrected chi connectivity index (χ1v) is 6.66. The molecule has 2 N–H and O–H groups in total. The van der Waals surface area contributed by atoms with Crippen molar-refractivity contribution in [3.8, 4) is 5.75 Å². The molecule has 1 aromatic heterocycles. The molecule has 0 aliphatic heterocycles. The largest absolute Gasteiger partial charge is 0.494 e. The Hall–Kier alpha value is -1.81. The van der Waals surface area contributed by atoms with Crippen LogP contribution < -0.4 is 10.5 Å². The van der Waals surface area contributed by atoms with Crippen molar-refractivity contribution in [2.75, 3.05) is 6.61 Å². The van der Waals surface area contributed by atoms with Gasteiger partial charge in [0.2, 0.25) is 0 Å². The molecule has 0 radical (unpaired) electrons. The van der Waals surface area contributed by atoms with Gasteiger partial charge in [0.25, 0.3) is 0 Å². The van der Waals surface area contributed by atoms with Gasteiger partial charge < -0.3 is 10.5 Å². The summed E-state index contributed by atoms with van der Waals surface area (Å²) in [7, 11) is 0. The summed E-state index contributed by atoms with van der Waals surface area (Å²) in [4.78, 5) is 0. The Morgan fingerprint density at radius 1 is 1.32 bits per heavy atom. The van der Waals surface area contributed by atoms with Crippen molar-refractivity contribution in [3.05, 3.63) is 47.8 Å². The van der Waals surface area contributed by atoms with E-state index < -0.39 is 0 Å². The van der Waals surface area contributed by atoms with Gasteiger partial charge in [-0.2, -0.15) is 5.10 Å². The predicted molar refractivity (Wildman–Crippen MR) is 76.1 cm³/mol. The Kier molecular flexibility index (Phi) is 4.58. The van der Waals surface area contributed by atoms with Crippen LogP contribution in [0, 0.1) is 6.92 Å². The second kappa shape index (κ2) is 6.38. The van der Waals surface area contributed by atoms with E-state index in [0.717, 1.165) is 29.9 Å². The Labute approximate surface area is 114 Å². The average molecular weight is 259 g/mol. The number of aryl methyl sites for hydroxylation is 1. The van der Waals surface area contributed by atoms with Gasteiger partial charge in [-0.3, -0.25) is 4.68 Å². The number of hydrogen-bond acceptors (Lipinski definition) is 3. The number of ether oxygens (including phenoxy) is 1. The fraction of sp³-hybridized carbons (Fsp3) is 0.400. The van der Waals surface area contributed by atoms with E-state index in [2.05, 4.69) is 12.0 Å². The number of benzene rings is 1. The molecule has 0 aliphatic carbocycles. The maximum absolute atomic E-state index is 6.18. The molecule has 1 atom stereocenters. The lowest BCUT2D eigenvalue weighted by molar-refractivity contribution is 0.317. The fourth-order valence-corrected chi connectivity index (χ4v) is 1.90. The molecule has 2 aromatic rings. The summed E-state index contributed by atoms with van der Waals surface area (Å²) in [5.41, 5.74) is 8.43. The maximum atomic E-state index is 6.18. The van der Waals surface area contributed by atoms with Crippen LogP contribution in [0.25, 0.3) is 0 Å². The summed E-state index contributed by atoms with van der Waals surface area (Å²) in [6, 6.07) is 7.93. The van der Waals surface area contributed by atoms with Crippen molar-refractivity contribution < 1.29 is 4.74 Å². The van der Waals surface area contributed by atoms with Crippen LogP contribution in [0.3, 0.4) is 0 Å².